The van der Waals surface area contributed by atoms with E-state index in [4.69, 9.17) is 34.8 Å². The summed E-state index contributed by atoms with van der Waals surface area (Å²) in [5.74, 6) is -0.370. The van der Waals surface area contributed by atoms with E-state index in [0.29, 0.717) is 21.3 Å². The van der Waals surface area contributed by atoms with Crippen LogP contribution in [0.5, 0.6) is 5.75 Å². The van der Waals surface area contributed by atoms with Crippen molar-refractivity contribution in [3.8, 4) is 5.75 Å². The van der Waals surface area contributed by atoms with Gasteiger partial charge in [0.05, 0.1) is 10.7 Å². The van der Waals surface area contributed by atoms with E-state index in [1.54, 1.807) is 0 Å². The van der Waals surface area contributed by atoms with Gasteiger partial charge in [0.1, 0.15) is 5.75 Å². The number of rotatable bonds is 2. The second-order valence-electron chi connectivity index (χ2n) is 3.78. The molecule has 0 spiro atoms. The van der Waals surface area contributed by atoms with Crippen molar-refractivity contribution in [2.75, 3.05) is 5.32 Å². The van der Waals surface area contributed by atoms with Crippen LogP contribution in [-0.4, -0.2) is 11.0 Å². The summed E-state index contributed by atoms with van der Waals surface area (Å²) >= 11 is 17.5. The predicted molar refractivity (Wildman–Crippen MR) is 77.5 cm³/mol. The number of hydrogen-bond donors (Lipinski definition) is 2. The fourth-order valence-electron chi connectivity index (χ4n) is 1.48. The van der Waals surface area contributed by atoms with Crippen molar-refractivity contribution in [2.45, 2.75) is 0 Å². The highest BCUT2D eigenvalue weighted by Crippen LogP contribution is 2.27. The molecule has 6 heteroatoms. The number of anilines is 1. The maximum absolute atomic E-state index is 12.0. The van der Waals surface area contributed by atoms with E-state index < -0.39 is 5.91 Å². The molecule has 0 heterocycles. The minimum Gasteiger partial charge on any atom is -0.508 e. The zero-order valence-corrected chi connectivity index (χ0v) is 11.7. The van der Waals surface area contributed by atoms with Gasteiger partial charge in [-0.05, 0) is 30.3 Å². The molecule has 19 heavy (non-hydrogen) atoms. The number of halogens is 3. The number of carbonyl (C=O) groups excluding carboxylic acids is 1. The molecule has 0 saturated carbocycles. The van der Waals surface area contributed by atoms with Crippen LogP contribution < -0.4 is 5.32 Å². The number of amides is 1. The number of hydrogen-bond acceptors (Lipinski definition) is 2. The second kappa shape index (κ2) is 5.70. The van der Waals surface area contributed by atoms with Crippen molar-refractivity contribution in [3.63, 3.8) is 0 Å². The monoisotopic (exact) mass is 315 g/mol. The zero-order valence-electron chi connectivity index (χ0n) is 9.45. The second-order valence-corrected chi connectivity index (χ2v) is 5.06. The molecule has 0 unspecified atom stereocenters. The molecule has 0 radical (unpaired) electrons. The molecule has 2 rings (SSSR count). The largest absolute Gasteiger partial charge is 0.508 e. The van der Waals surface area contributed by atoms with E-state index in [2.05, 4.69) is 5.32 Å². The molecule has 0 fully saturated rings. The molecule has 0 bridgehead atoms. The van der Waals surface area contributed by atoms with Gasteiger partial charge in [0.2, 0.25) is 0 Å². The summed E-state index contributed by atoms with van der Waals surface area (Å²) in [5, 5.41) is 12.8. The maximum atomic E-state index is 12.0. The SMILES string of the molecule is O=C(Nc1ccc(O)cc1Cl)c1cc(Cl)cc(Cl)c1. The lowest BCUT2D eigenvalue weighted by Gasteiger charge is -2.08. The van der Waals surface area contributed by atoms with E-state index in [1.165, 1.54) is 36.4 Å². The van der Waals surface area contributed by atoms with Crippen LogP contribution in [0.1, 0.15) is 10.4 Å². The van der Waals surface area contributed by atoms with Crippen LogP contribution in [0.4, 0.5) is 5.69 Å². The molecule has 2 N–H and O–H groups in total. The third kappa shape index (κ3) is 3.53. The molecule has 2 aromatic rings. The minimum atomic E-state index is -0.392. The van der Waals surface area contributed by atoms with Crippen LogP contribution in [0.25, 0.3) is 0 Å². The Labute approximate surface area is 124 Å². The van der Waals surface area contributed by atoms with E-state index in [-0.39, 0.29) is 10.8 Å². The first kappa shape index (κ1) is 14.0. The number of benzene rings is 2. The highest BCUT2D eigenvalue weighted by atomic mass is 35.5. The van der Waals surface area contributed by atoms with E-state index in [0.717, 1.165) is 0 Å². The summed E-state index contributed by atoms with van der Waals surface area (Å²) in [6.07, 6.45) is 0. The lowest BCUT2D eigenvalue weighted by atomic mass is 10.2. The van der Waals surface area contributed by atoms with Gasteiger partial charge in [-0.25, -0.2) is 0 Å². The normalized spacial score (nSPS) is 10.3. The van der Waals surface area contributed by atoms with Gasteiger partial charge in [-0.3, -0.25) is 4.79 Å². The van der Waals surface area contributed by atoms with Gasteiger partial charge in [-0.2, -0.15) is 0 Å². The zero-order chi connectivity index (χ0) is 14.0. The lowest BCUT2D eigenvalue weighted by Crippen LogP contribution is -2.12. The van der Waals surface area contributed by atoms with Crippen LogP contribution in [-0.2, 0) is 0 Å². The molecule has 0 aliphatic heterocycles. The molecule has 0 atom stereocenters. The van der Waals surface area contributed by atoms with Crippen molar-refractivity contribution >= 4 is 46.4 Å². The highest BCUT2D eigenvalue weighted by molar-refractivity contribution is 6.36. The van der Waals surface area contributed by atoms with Crippen LogP contribution in [0.3, 0.4) is 0 Å². The van der Waals surface area contributed by atoms with Crippen LogP contribution in [0.2, 0.25) is 15.1 Å². The Balaban J connectivity index is 2.25. The number of phenolic OH excluding ortho intramolecular Hbond substituents is 1. The highest BCUT2D eigenvalue weighted by Gasteiger charge is 2.10. The Morgan fingerprint density at radius 1 is 1.00 bits per heavy atom. The summed E-state index contributed by atoms with van der Waals surface area (Å²) in [7, 11) is 0. The number of phenols is 1. The molecule has 0 aliphatic carbocycles. The standard InChI is InChI=1S/C13H8Cl3NO2/c14-8-3-7(4-9(15)5-8)13(19)17-12-2-1-10(18)6-11(12)16/h1-6,18H,(H,17,19). The van der Waals surface area contributed by atoms with Crippen molar-refractivity contribution in [1.82, 2.24) is 0 Å². The fraction of sp³-hybridized carbons (Fsp3) is 0. The first-order valence-electron chi connectivity index (χ1n) is 5.21. The van der Waals surface area contributed by atoms with E-state index >= 15 is 0 Å². The molecule has 2 aromatic carbocycles. The van der Waals surface area contributed by atoms with Gasteiger partial charge in [0.25, 0.3) is 5.91 Å². The average molecular weight is 317 g/mol. The molecule has 0 aliphatic rings. The quantitative estimate of drug-likeness (QED) is 0.795. The third-order valence-corrected chi connectivity index (χ3v) is 3.07. The summed E-state index contributed by atoms with van der Waals surface area (Å²) in [6.45, 7) is 0. The van der Waals surface area contributed by atoms with Gasteiger partial charge in [0, 0.05) is 21.7 Å². The summed E-state index contributed by atoms with van der Waals surface area (Å²) in [5.41, 5.74) is 0.710. The lowest BCUT2D eigenvalue weighted by molar-refractivity contribution is 0.102. The van der Waals surface area contributed by atoms with Crippen LogP contribution >= 0.6 is 34.8 Å². The molecular formula is C13H8Cl3NO2. The Hall–Kier alpha value is -1.42. The van der Waals surface area contributed by atoms with Crippen molar-refractivity contribution in [2.24, 2.45) is 0 Å². The van der Waals surface area contributed by atoms with Gasteiger partial charge >= 0.3 is 0 Å². The Kier molecular flexibility index (Phi) is 4.20. The van der Waals surface area contributed by atoms with Gasteiger partial charge in [-0.15, -0.1) is 0 Å². The first-order chi connectivity index (χ1) is 8.95. The van der Waals surface area contributed by atoms with Crippen molar-refractivity contribution in [3.05, 3.63) is 57.0 Å². The van der Waals surface area contributed by atoms with Crippen molar-refractivity contribution < 1.29 is 9.90 Å². The Morgan fingerprint density at radius 3 is 2.21 bits per heavy atom. The van der Waals surface area contributed by atoms with Crippen LogP contribution in [0, 0.1) is 0 Å². The predicted octanol–water partition coefficient (Wildman–Crippen LogP) is 4.60. The van der Waals surface area contributed by atoms with Gasteiger partial charge in [-0.1, -0.05) is 34.8 Å². The molecule has 0 saturated heterocycles. The van der Waals surface area contributed by atoms with E-state index in [9.17, 15) is 9.90 Å². The molecular weight excluding hydrogens is 309 g/mol. The van der Waals surface area contributed by atoms with Gasteiger partial charge < -0.3 is 10.4 Å². The van der Waals surface area contributed by atoms with Gasteiger partial charge in [0.15, 0.2) is 0 Å². The smallest absolute Gasteiger partial charge is 0.255 e. The van der Waals surface area contributed by atoms with Crippen molar-refractivity contribution in [1.29, 1.82) is 0 Å². The van der Waals surface area contributed by atoms with Crippen LogP contribution in [0.15, 0.2) is 36.4 Å². The minimum absolute atomic E-state index is 0.0220. The summed E-state index contributed by atoms with van der Waals surface area (Å²) in [6, 6.07) is 8.79. The molecule has 1 amide bonds. The Bertz CT molecular complexity index is 624. The van der Waals surface area contributed by atoms with E-state index in [1.807, 2.05) is 0 Å². The maximum Gasteiger partial charge on any atom is 0.255 e. The molecule has 98 valence electrons. The topological polar surface area (TPSA) is 49.3 Å². The number of nitrogens with one attached hydrogen (secondary N) is 1. The third-order valence-electron chi connectivity index (χ3n) is 2.33. The first-order valence-corrected chi connectivity index (χ1v) is 6.35. The molecule has 3 nitrogen and oxygen atoms in total. The number of aromatic hydroxyl groups is 1. The summed E-state index contributed by atoms with van der Waals surface area (Å²) < 4.78 is 0. The summed E-state index contributed by atoms with van der Waals surface area (Å²) in [4.78, 5) is 12.0. The Morgan fingerprint density at radius 2 is 1.63 bits per heavy atom. The fourth-order valence-corrected chi connectivity index (χ4v) is 2.23. The molecule has 0 aromatic heterocycles. The average Bonchev–Trinajstić information content (AvgIpc) is 2.31. The number of carbonyl (C=O) groups is 1.